The van der Waals surface area contributed by atoms with E-state index in [1.165, 1.54) is 5.69 Å². The van der Waals surface area contributed by atoms with Gasteiger partial charge in [-0.05, 0) is 19.2 Å². The quantitative estimate of drug-likeness (QED) is 0.867. The summed E-state index contributed by atoms with van der Waals surface area (Å²) in [5.41, 5.74) is 2.33. The van der Waals surface area contributed by atoms with Crippen molar-refractivity contribution in [1.29, 1.82) is 0 Å². The van der Waals surface area contributed by atoms with E-state index in [1.54, 1.807) is 0 Å². The highest BCUT2D eigenvalue weighted by Gasteiger charge is 2.14. The van der Waals surface area contributed by atoms with Gasteiger partial charge in [0.15, 0.2) is 0 Å². The maximum Gasteiger partial charge on any atom is 0.0547 e. The summed E-state index contributed by atoms with van der Waals surface area (Å²) < 4.78 is 0. The summed E-state index contributed by atoms with van der Waals surface area (Å²) in [5, 5.41) is 3.42. The normalized spacial score (nSPS) is 18.1. The molecule has 1 aliphatic rings. The van der Waals surface area contributed by atoms with Gasteiger partial charge in [0.2, 0.25) is 0 Å². The highest BCUT2D eigenvalue weighted by Crippen LogP contribution is 2.07. The van der Waals surface area contributed by atoms with E-state index in [9.17, 15) is 0 Å². The Kier molecular flexibility index (Phi) is 5.31. The molecule has 0 unspecified atom stereocenters. The molecule has 4 nitrogen and oxygen atoms in total. The van der Waals surface area contributed by atoms with Crippen LogP contribution in [0.5, 0.6) is 0 Å². The average molecular weight is 262 g/mol. The Morgan fingerprint density at radius 1 is 1.16 bits per heavy atom. The van der Waals surface area contributed by atoms with Crippen LogP contribution in [0, 0.1) is 0 Å². The zero-order valence-electron chi connectivity index (χ0n) is 12.4. The fourth-order valence-corrected chi connectivity index (χ4v) is 2.26. The minimum absolute atomic E-state index is 0.503. The molecule has 2 rings (SSSR count). The van der Waals surface area contributed by atoms with Crippen molar-refractivity contribution in [3.63, 3.8) is 0 Å². The van der Waals surface area contributed by atoms with Crippen LogP contribution in [0.4, 0.5) is 0 Å². The molecule has 0 amide bonds. The topological polar surface area (TPSA) is 31.4 Å². The van der Waals surface area contributed by atoms with Gasteiger partial charge >= 0.3 is 0 Å². The van der Waals surface area contributed by atoms with E-state index in [0.29, 0.717) is 6.04 Å². The summed E-state index contributed by atoms with van der Waals surface area (Å²) in [6.07, 6.45) is 0. The summed E-state index contributed by atoms with van der Waals surface area (Å²) in [6, 6.07) is 6.86. The van der Waals surface area contributed by atoms with Gasteiger partial charge in [0.05, 0.1) is 11.4 Å². The molecule has 0 bridgehead atoms. The number of rotatable bonds is 5. The van der Waals surface area contributed by atoms with E-state index >= 15 is 0 Å². The molecule has 2 heterocycles. The number of aromatic nitrogens is 1. The maximum absolute atomic E-state index is 4.74. The molecule has 106 valence electrons. The van der Waals surface area contributed by atoms with Gasteiger partial charge in [-0.2, -0.15) is 0 Å². The third kappa shape index (κ3) is 4.90. The molecule has 1 aromatic heterocycles. The number of nitrogens with one attached hydrogen (secondary N) is 1. The molecule has 1 aliphatic heterocycles. The van der Waals surface area contributed by atoms with Gasteiger partial charge in [0.25, 0.3) is 0 Å². The van der Waals surface area contributed by atoms with Crippen LogP contribution in [0.25, 0.3) is 0 Å². The van der Waals surface area contributed by atoms with Gasteiger partial charge in [0.1, 0.15) is 0 Å². The van der Waals surface area contributed by atoms with Gasteiger partial charge < -0.3 is 10.2 Å². The minimum Gasteiger partial charge on any atom is -0.309 e. The Hall–Kier alpha value is -0.970. The number of nitrogens with zero attached hydrogens (tertiary/aromatic N) is 3. The van der Waals surface area contributed by atoms with Crippen molar-refractivity contribution in [2.75, 3.05) is 33.2 Å². The number of piperazine rings is 1. The second kappa shape index (κ2) is 6.98. The molecule has 1 saturated heterocycles. The van der Waals surface area contributed by atoms with E-state index < -0.39 is 0 Å². The van der Waals surface area contributed by atoms with Gasteiger partial charge in [-0.1, -0.05) is 19.9 Å². The van der Waals surface area contributed by atoms with Crippen molar-refractivity contribution >= 4 is 0 Å². The monoisotopic (exact) mass is 262 g/mol. The van der Waals surface area contributed by atoms with Gasteiger partial charge in [-0.25, -0.2) is 0 Å². The first-order valence-electron chi connectivity index (χ1n) is 7.22. The Labute approximate surface area is 116 Å². The molecule has 0 saturated carbocycles. The SMILES string of the molecule is CC(C)NCc1cccc(CN2CCN(C)CC2)n1. The highest BCUT2D eigenvalue weighted by atomic mass is 15.2. The van der Waals surface area contributed by atoms with E-state index in [4.69, 9.17) is 4.98 Å². The fourth-order valence-electron chi connectivity index (χ4n) is 2.26. The number of hydrogen-bond donors (Lipinski definition) is 1. The zero-order valence-corrected chi connectivity index (χ0v) is 12.4. The third-order valence-corrected chi connectivity index (χ3v) is 3.54. The zero-order chi connectivity index (χ0) is 13.7. The predicted molar refractivity (Wildman–Crippen MR) is 79.0 cm³/mol. The molecule has 0 radical (unpaired) electrons. The Morgan fingerprint density at radius 2 is 1.84 bits per heavy atom. The van der Waals surface area contributed by atoms with Crippen molar-refractivity contribution in [2.24, 2.45) is 0 Å². The average Bonchev–Trinajstić information content (AvgIpc) is 2.40. The molecule has 1 fully saturated rings. The lowest BCUT2D eigenvalue weighted by molar-refractivity contribution is 0.147. The van der Waals surface area contributed by atoms with Crippen molar-refractivity contribution in [3.05, 3.63) is 29.6 Å². The Balaban J connectivity index is 1.88. The van der Waals surface area contributed by atoms with Crippen LogP contribution >= 0.6 is 0 Å². The smallest absolute Gasteiger partial charge is 0.0547 e. The van der Waals surface area contributed by atoms with Crippen LogP contribution in [0.2, 0.25) is 0 Å². The second-order valence-electron chi connectivity index (χ2n) is 5.74. The summed E-state index contributed by atoms with van der Waals surface area (Å²) in [7, 11) is 2.19. The van der Waals surface area contributed by atoms with Crippen LogP contribution in [-0.2, 0) is 13.1 Å². The van der Waals surface area contributed by atoms with Crippen LogP contribution in [-0.4, -0.2) is 54.1 Å². The first kappa shape index (κ1) is 14.4. The Bertz CT molecular complexity index is 383. The van der Waals surface area contributed by atoms with Crippen LogP contribution in [0.3, 0.4) is 0 Å². The van der Waals surface area contributed by atoms with E-state index in [2.05, 4.69) is 54.2 Å². The first-order chi connectivity index (χ1) is 9.13. The Morgan fingerprint density at radius 3 is 2.53 bits per heavy atom. The fraction of sp³-hybridized carbons (Fsp3) is 0.667. The summed E-state index contributed by atoms with van der Waals surface area (Å²) in [4.78, 5) is 9.61. The molecule has 1 aromatic rings. The summed E-state index contributed by atoms with van der Waals surface area (Å²) in [6.45, 7) is 10.8. The standard InChI is InChI=1S/C15H26N4/c1-13(2)16-11-14-5-4-6-15(17-14)12-19-9-7-18(3)8-10-19/h4-6,13,16H,7-12H2,1-3H3. The van der Waals surface area contributed by atoms with Gasteiger partial charge in [-0.15, -0.1) is 0 Å². The molecule has 0 spiro atoms. The van der Waals surface area contributed by atoms with Crippen molar-refractivity contribution < 1.29 is 0 Å². The van der Waals surface area contributed by atoms with Crippen molar-refractivity contribution in [2.45, 2.75) is 33.0 Å². The minimum atomic E-state index is 0.503. The molecule has 0 atom stereocenters. The molecular formula is C15H26N4. The predicted octanol–water partition coefficient (Wildman–Crippen LogP) is 1.33. The van der Waals surface area contributed by atoms with Crippen LogP contribution < -0.4 is 5.32 Å². The van der Waals surface area contributed by atoms with Gasteiger partial charge in [0, 0.05) is 45.3 Å². The van der Waals surface area contributed by atoms with E-state index in [0.717, 1.165) is 45.0 Å². The van der Waals surface area contributed by atoms with Crippen molar-refractivity contribution in [1.82, 2.24) is 20.1 Å². The number of hydrogen-bond acceptors (Lipinski definition) is 4. The van der Waals surface area contributed by atoms with E-state index in [1.807, 2.05) is 0 Å². The van der Waals surface area contributed by atoms with Crippen LogP contribution in [0.1, 0.15) is 25.2 Å². The first-order valence-corrected chi connectivity index (χ1v) is 7.22. The lowest BCUT2D eigenvalue weighted by Crippen LogP contribution is -2.44. The summed E-state index contributed by atoms with van der Waals surface area (Å²) >= 11 is 0. The lowest BCUT2D eigenvalue weighted by atomic mass is 10.2. The molecule has 0 aromatic carbocycles. The maximum atomic E-state index is 4.74. The molecule has 0 aliphatic carbocycles. The lowest BCUT2D eigenvalue weighted by Gasteiger charge is -2.32. The van der Waals surface area contributed by atoms with Crippen molar-refractivity contribution in [3.8, 4) is 0 Å². The largest absolute Gasteiger partial charge is 0.309 e. The second-order valence-corrected chi connectivity index (χ2v) is 5.74. The third-order valence-electron chi connectivity index (χ3n) is 3.54. The van der Waals surface area contributed by atoms with Crippen LogP contribution in [0.15, 0.2) is 18.2 Å². The molecular weight excluding hydrogens is 236 g/mol. The van der Waals surface area contributed by atoms with Gasteiger partial charge in [-0.3, -0.25) is 9.88 Å². The summed E-state index contributed by atoms with van der Waals surface area (Å²) in [5.74, 6) is 0. The molecule has 4 heteroatoms. The number of pyridine rings is 1. The number of likely N-dealkylation sites (N-methyl/N-ethyl adjacent to an activating group) is 1. The molecule has 19 heavy (non-hydrogen) atoms. The highest BCUT2D eigenvalue weighted by molar-refractivity contribution is 5.11. The van der Waals surface area contributed by atoms with E-state index in [-0.39, 0.29) is 0 Å². The molecule has 1 N–H and O–H groups in total.